The van der Waals surface area contributed by atoms with Crippen LogP contribution in [0.4, 0.5) is 5.69 Å². The Morgan fingerprint density at radius 3 is 2.19 bits per heavy atom. The average Bonchev–Trinajstić information content (AvgIpc) is 2.94. The number of rotatable bonds is 5. The third-order valence-electron chi connectivity index (χ3n) is 4.16. The van der Waals surface area contributed by atoms with E-state index in [1.165, 1.54) is 0 Å². The van der Waals surface area contributed by atoms with Gasteiger partial charge in [0.15, 0.2) is 6.10 Å². The summed E-state index contributed by atoms with van der Waals surface area (Å²) >= 11 is 0. The maximum atomic E-state index is 12.5. The van der Waals surface area contributed by atoms with Gasteiger partial charge in [0.05, 0.1) is 6.61 Å². The number of ether oxygens (including phenoxy) is 2. The molecule has 0 saturated heterocycles. The summed E-state index contributed by atoms with van der Waals surface area (Å²) in [4.78, 5) is 25.0. The van der Waals surface area contributed by atoms with E-state index >= 15 is 0 Å². The van der Waals surface area contributed by atoms with Crippen LogP contribution in [0, 0.1) is 13.8 Å². The first-order chi connectivity index (χ1) is 12.5. The third-order valence-corrected chi connectivity index (χ3v) is 4.16. The van der Waals surface area contributed by atoms with E-state index in [0.717, 1.165) is 16.7 Å². The van der Waals surface area contributed by atoms with E-state index < -0.39 is 18.0 Å². The average molecular weight is 351 g/mol. The van der Waals surface area contributed by atoms with Crippen LogP contribution >= 0.6 is 0 Å². The molecule has 1 N–H and O–H groups in total. The van der Waals surface area contributed by atoms with Crippen LogP contribution in [-0.4, -0.2) is 18.5 Å². The standard InChI is InChI=1S/C21H21NO4/c1-4-25-20(23)17-18(22-16-11-7-14(3)8-12-16)21(24)26-19(17)15-9-5-13(2)6-10-15/h5-12,19,22H,4H2,1-3H3. The van der Waals surface area contributed by atoms with Gasteiger partial charge in [0.25, 0.3) is 0 Å². The molecule has 1 heterocycles. The number of carbonyl (C=O) groups is 2. The van der Waals surface area contributed by atoms with Crippen LogP contribution in [0.1, 0.15) is 29.7 Å². The first-order valence-corrected chi connectivity index (χ1v) is 8.52. The molecule has 1 aliphatic heterocycles. The Labute approximate surface area is 152 Å². The second kappa shape index (κ2) is 7.44. The molecule has 0 saturated carbocycles. The van der Waals surface area contributed by atoms with E-state index in [4.69, 9.17) is 9.47 Å². The summed E-state index contributed by atoms with van der Waals surface area (Å²) in [6.45, 7) is 5.89. The number of benzene rings is 2. The number of anilines is 1. The molecule has 5 nitrogen and oxygen atoms in total. The van der Waals surface area contributed by atoms with E-state index in [1.54, 1.807) is 6.92 Å². The van der Waals surface area contributed by atoms with Crippen LogP contribution in [0.5, 0.6) is 0 Å². The zero-order valence-electron chi connectivity index (χ0n) is 15.0. The zero-order chi connectivity index (χ0) is 18.7. The van der Waals surface area contributed by atoms with Crippen LogP contribution in [-0.2, 0) is 19.1 Å². The largest absolute Gasteiger partial charge is 0.462 e. The van der Waals surface area contributed by atoms with Gasteiger partial charge in [-0.2, -0.15) is 0 Å². The van der Waals surface area contributed by atoms with Crippen LogP contribution in [0.2, 0.25) is 0 Å². The number of nitrogens with one attached hydrogen (secondary N) is 1. The Morgan fingerprint density at radius 1 is 1.04 bits per heavy atom. The lowest BCUT2D eigenvalue weighted by Gasteiger charge is -2.14. The molecule has 0 bridgehead atoms. The maximum Gasteiger partial charge on any atom is 0.356 e. The van der Waals surface area contributed by atoms with Gasteiger partial charge in [-0.25, -0.2) is 9.59 Å². The van der Waals surface area contributed by atoms with Gasteiger partial charge in [0.1, 0.15) is 11.3 Å². The Morgan fingerprint density at radius 2 is 1.62 bits per heavy atom. The molecule has 1 atom stereocenters. The lowest BCUT2D eigenvalue weighted by atomic mass is 10.0. The zero-order valence-corrected chi connectivity index (χ0v) is 15.0. The molecule has 2 aromatic rings. The fourth-order valence-electron chi connectivity index (χ4n) is 2.76. The van der Waals surface area contributed by atoms with Gasteiger partial charge < -0.3 is 14.8 Å². The molecule has 0 amide bonds. The molecule has 0 spiro atoms. The predicted octanol–water partition coefficient (Wildman–Crippen LogP) is 3.83. The molecule has 0 aromatic heterocycles. The summed E-state index contributed by atoms with van der Waals surface area (Å²) in [6, 6.07) is 15.1. The number of hydrogen-bond donors (Lipinski definition) is 1. The highest BCUT2D eigenvalue weighted by molar-refractivity contribution is 6.06. The Balaban J connectivity index is 2.01. The monoisotopic (exact) mass is 351 g/mol. The van der Waals surface area contributed by atoms with E-state index in [0.29, 0.717) is 5.69 Å². The van der Waals surface area contributed by atoms with Crippen LogP contribution in [0.3, 0.4) is 0 Å². The molecule has 26 heavy (non-hydrogen) atoms. The topological polar surface area (TPSA) is 64.6 Å². The molecular formula is C21H21NO4. The third kappa shape index (κ3) is 3.61. The fraction of sp³-hybridized carbons (Fsp3) is 0.238. The van der Waals surface area contributed by atoms with Crippen molar-refractivity contribution in [1.82, 2.24) is 0 Å². The summed E-state index contributed by atoms with van der Waals surface area (Å²) in [5.74, 6) is -1.13. The Kier molecular flexibility index (Phi) is 5.07. The molecule has 0 fully saturated rings. The van der Waals surface area contributed by atoms with Crippen LogP contribution < -0.4 is 5.32 Å². The summed E-state index contributed by atoms with van der Waals surface area (Å²) in [7, 11) is 0. The second-order valence-electron chi connectivity index (χ2n) is 6.20. The lowest BCUT2D eigenvalue weighted by Crippen LogP contribution is -2.16. The highest BCUT2D eigenvalue weighted by Crippen LogP contribution is 2.36. The summed E-state index contributed by atoms with van der Waals surface area (Å²) in [5, 5.41) is 3.02. The minimum absolute atomic E-state index is 0.123. The quantitative estimate of drug-likeness (QED) is 0.830. The molecule has 1 aliphatic rings. The van der Waals surface area contributed by atoms with Crippen molar-refractivity contribution in [2.24, 2.45) is 0 Å². The molecule has 134 valence electrons. The minimum atomic E-state index is -0.782. The Bertz CT molecular complexity index is 851. The van der Waals surface area contributed by atoms with Crippen LogP contribution in [0.25, 0.3) is 0 Å². The van der Waals surface area contributed by atoms with E-state index in [2.05, 4.69) is 5.32 Å². The second-order valence-corrected chi connectivity index (χ2v) is 6.20. The van der Waals surface area contributed by atoms with E-state index in [9.17, 15) is 9.59 Å². The van der Waals surface area contributed by atoms with Crippen molar-refractivity contribution in [2.45, 2.75) is 26.9 Å². The number of aryl methyl sites for hydroxylation is 2. The maximum absolute atomic E-state index is 12.5. The molecule has 0 radical (unpaired) electrons. The first-order valence-electron chi connectivity index (χ1n) is 8.52. The molecule has 3 rings (SSSR count). The van der Waals surface area contributed by atoms with Gasteiger partial charge in [0, 0.05) is 5.69 Å². The number of esters is 2. The number of carbonyl (C=O) groups excluding carboxylic acids is 2. The molecular weight excluding hydrogens is 330 g/mol. The normalized spacial score (nSPS) is 16.4. The smallest absolute Gasteiger partial charge is 0.356 e. The van der Waals surface area contributed by atoms with Gasteiger partial charge >= 0.3 is 11.9 Å². The van der Waals surface area contributed by atoms with Crippen molar-refractivity contribution in [2.75, 3.05) is 11.9 Å². The molecule has 2 aromatic carbocycles. The van der Waals surface area contributed by atoms with Gasteiger partial charge in [-0.15, -0.1) is 0 Å². The Hall–Kier alpha value is -3.08. The van der Waals surface area contributed by atoms with E-state index in [-0.39, 0.29) is 17.9 Å². The van der Waals surface area contributed by atoms with Crippen molar-refractivity contribution in [1.29, 1.82) is 0 Å². The summed E-state index contributed by atoms with van der Waals surface area (Å²) in [5.41, 5.74) is 3.93. The lowest BCUT2D eigenvalue weighted by molar-refractivity contribution is -0.142. The predicted molar refractivity (Wildman–Crippen MR) is 98.5 cm³/mol. The highest BCUT2D eigenvalue weighted by Gasteiger charge is 2.40. The summed E-state index contributed by atoms with van der Waals surface area (Å²) < 4.78 is 10.7. The van der Waals surface area contributed by atoms with Crippen molar-refractivity contribution in [3.63, 3.8) is 0 Å². The number of hydrogen-bond acceptors (Lipinski definition) is 5. The van der Waals surface area contributed by atoms with Crippen molar-refractivity contribution >= 4 is 17.6 Å². The summed E-state index contributed by atoms with van der Waals surface area (Å²) in [6.07, 6.45) is -0.782. The van der Waals surface area contributed by atoms with Gasteiger partial charge in [0.2, 0.25) is 0 Å². The minimum Gasteiger partial charge on any atom is -0.462 e. The molecule has 0 aliphatic carbocycles. The van der Waals surface area contributed by atoms with Crippen LogP contribution in [0.15, 0.2) is 59.8 Å². The van der Waals surface area contributed by atoms with Gasteiger partial charge in [-0.3, -0.25) is 0 Å². The SMILES string of the molecule is CCOC(=O)C1=C(Nc2ccc(C)cc2)C(=O)OC1c1ccc(C)cc1. The van der Waals surface area contributed by atoms with Gasteiger partial charge in [-0.1, -0.05) is 47.5 Å². The van der Waals surface area contributed by atoms with Crippen molar-refractivity contribution in [3.8, 4) is 0 Å². The van der Waals surface area contributed by atoms with E-state index in [1.807, 2.05) is 62.4 Å². The van der Waals surface area contributed by atoms with Gasteiger partial charge in [-0.05, 0) is 38.5 Å². The fourth-order valence-corrected chi connectivity index (χ4v) is 2.76. The molecule has 5 heteroatoms. The number of cyclic esters (lactones) is 1. The van der Waals surface area contributed by atoms with Crippen molar-refractivity contribution < 1.29 is 19.1 Å². The molecule has 1 unspecified atom stereocenters. The highest BCUT2D eigenvalue weighted by atomic mass is 16.6. The van der Waals surface area contributed by atoms with Crippen molar-refractivity contribution in [3.05, 3.63) is 76.5 Å². The first kappa shape index (κ1) is 17.7.